The molecule has 166 valence electrons. The van der Waals surface area contributed by atoms with E-state index < -0.39 is 0 Å². The Hall–Kier alpha value is -2.93. The third kappa shape index (κ3) is 4.56. The van der Waals surface area contributed by atoms with Crippen LogP contribution in [0.1, 0.15) is 30.5 Å². The second-order valence-corrected chi connectivity index (χ2v) is 7.59. The molecule has 0 unspecified atom stereocenters. The van der Waals surface area contributed by atoms with Crippen LogP contribution in [0.3, 0.4) is 0 Å². The fourth-order valence-corrected chi connectivity index (χ4v) is 4.13. The van der Waals surface area contributed by atoms with Crippen LogP contribution in [-0.4, -0.2) is 39.7 Å². The first-order valence-corrected chi connectivity index (χ1v) is 10.6. The van der Waals surface area contributed by atoms with Crippen molar-refractivity contribution in [3.05, 3.63) is 45.6 Å². The molecular weight excluding hydrogens is 420 g/mol. The molecule has 2 aromatic rings. The maximum absolute atomic E-state index is 12.9. The van der Waals surface area contributed by atoms with Crippen molar-refractivity contribution in [3.63, 3.8) is 0 Å². The van der Waals surface area contributed by atoms with E-state index in [1.54, 1.807) is 33.5 Å². The van der Waals surface area contributed by atoms with Gasteiger partial charge in [0.1, 0.15) is 0 Å². The zero-order valence-electron chi connectivity index (χ0n) is 18.1. The van der Waals surface area contributed by atoms with Crippen LogP contribution in [0.4, 0.5) is 5.69 Å². The molecule has 8 heteroatoms. The first-order valence-electron chi connectivity index (χ1n) is 10.0. The van der Waals surface area contributed by atoms with Crippen LogP contribution < -0.4 is 30.3 Å². The summed E-state index contributed by atoms with van der Waals surface area (Å²) >= 11 is 5.78. The molecule has 1 aliphatic carbocycles. The van der Waals surface area contributed by atoms with Gasteiger partial charge in [0.2, 0.25) is 17.1 Å². The van der Waals surface area contributed by atoms with E-state index in [4.69, 9.17) is 25.8 Å². The molecule has 0 spiro atoms. The summed E-state index contributed by atoms with van der Waals surface area (Å²) in [4.78, 5) is 24.9. The predicted molar refractivity (Wildman–Crippen MR) is 122 cm³/mol. The quantitative estimate of drug-likeness (QED) is 0.633. The maximum Gasteiger partial charge on any atom is 0.217 e. The number of aryl methyl sites for hydroxylation is 1. The minimum absolute atomic E-state index is 0.163. The molecule has 0 bridgehead atoms. The molecule has 2 aromatic carbocycles. The van der Waals surface area contributed by atoms with E-state index >= 15 is 0 Å². The molecular formula is C23H27ClN2O5. The Labute approximate surface area is 186 Å². The van der Waals surface area contributed by atoms with Gasteiger partial charge in [-0.2, -0.15) is 0 Å². The van der Waals surface area contributed by atoms with Crippen LogP contribution in [0.2, 0.25) is 0 Å². The smallest absolute Gasteiger partial charge is 0.217 e. The molecule has 0 saturated heterocycles. The number of hydrogen-bond acceptors (Lipinski definition) is 6. The molecule has 7 nitrogen and oxygen atoms in total. The fourth-order valence-electron chi connectivity index (χ4n) is 4.04. The third-order valence-corrected chi connectivity index (χ3v) is 5.51. The average Bonchev–Trinajstić information content (AvgIpc) is 2.99. The Morgan fingerprint density at radius 1 is 1.13 bits per heavy atom. The van der Waals surface area contributed by atoms with Crippen LogP contribution >= 0.6 is 11.6 Å². The van der Waals surface area contributed by atoms with Gasteiger partial charge in [0.25, 0.3) is 0 Å². The average molecular weight is 447 g/mol. The van der Waals surface area contributed by atoms with Gasteiger partial charge in [0.15, 0.2) is 11.5 Å². The molecule has 1 aliphatic rings. The van der Waals surface area contributed by atoms with Crippen LogP contribution in [0.15, 0.2) is 29.1 Å². The number of hydrogen-bond donors (Lipinski definition) is 2. The number of ether oxygens (including phenoxy) is 3. The third-order valence-electron chi connectivity index (χ3n) is 5.33. The number of anilines is 1. The number of fused-ring (bicyclic) bond motifs is 3. The SMILES string of the molecule is COc1cc2c(c(OC)c1OC)-c1ccc(NCCCl)c(=O)cc1[C@H](NC(C)=O)CC2. The van der Waals surface area contributed by atoms with Gasteiger partial charge in [-0.3, -0.25) is 9.59 Å². The van der Waals surface area contributed by atoms with Crippen molar-refractivity contribution in [1.82, 2.24) is 5.32 Å². The topological polar surface area (TPSA) is 85.9 Å². The first-order chi connectivity index (χ1) is 14.9. The van der Waals surface area contributed by atoms with E-state index in [9.17, 15) is 9.59 Å². The number of halogens is 1. The summed E-state index contributed by atoms with van der Waals surface area (Å²) in [6.45, 7) is 1.93. The molecule has 1 amide bonds. The highest BCUT2D eigenvalue weighted by Crippen LogP contribution is 2.50. The van der Waals surface area contributed by atoms with Gasteiger partial charge in [-0.15, -0.1) is 11.6 Å². The number of carbonyl (C=O) groups is 1. The lowest BCUT2D eigenvalue weighted by Crippen LogP contribution is -2.26. The molecule has 2 N–H and O–H groups in total. The van der Waals surface area contributed by atoms with Crippen molar-refractivity contribution in [2.45, 2.75) is 25.8 Å². The number of alkyl halides is 1. The molecule has 0 saturated carbocycles. The fraction of sp³-hybridized carbons (Fsp3) is 0.391. The molecule has 31 heavy (non-hydrogen) atoms. The Balaban J connectivity index is 2.36. The number of nitrogens with one attached hydrogen (secondary N) is 2. The molecule has 1 atom stereocenters. The van der Waals surface area contributed by atoms with Crippen molar-refractivity contribution in [3.8, 4) is 28.4 Å². The Morgan fingerprint density at radius 2 is 1.87 bits per heavy atom. The number of benzene rings is 1. The van der Waals surface area contributed by atoms with Crippen LogP contribution in [0.5, 0.6) is 17.2 Å². The van der Waals surface area contributed by atoms with Gasteiger partial charge in [-0.05, 0) is 47.7 Å². The zero-order valence-corrected chi connectivity index (χ0v) is 18.9. The van der Waals surface area contributed by atoms with Crippen molar-refractivity contribution < 1.29 is 19.0 Å². The van der Waals surface area contributed by atoms with Crippen molar-refractivity contribution in [2.24, 2.45) is 0 Å². The second kappa shape index (κ2) is 9.92. The molecule has 0 radical (unpaired) electrons. The summed E-state index contributed by atoms with van der Waals surface area (Å²) in [6, 6.07) is 6.79. The number of carbonyl (C=O) groups excluding carboxylic acids is 1. The van der Waals surface area contributed by atoms with Gasteiger partial charge in [-0.1, -0.05) is 6.07 Å². The lowest BCUT2D eigenvalue weighted by Gasteiger charge is -2.19. The summed E-state index contributed by atoms with van der Waals surface area (Å²) in [5.74, 6) is 1.77. The van der Waals surface area contributed by atoms with Crippen LogP contribution in [0.25, 0.3) is 11.1 Å². The van der Waals surface area contributed by atoms with E-state index in [2.05, 4.69) is 10.6 Å². The standard InChI is InChI=1S/C23H27ClN2O5/c1-13(27)26-17-7-5-14-11-20(29-2)22(30-3)23(31-4)21(14)15-6-8-18(25-10-9-24)19(28)12-16(15)17/h6,8,11-12,17H,5,7,9-10H2,1-4H3,(H,25,28)(H,26,27)/t17-/m1/s1. The Bertz CT molecular complexity index is 1040. The number of rotatable bonds is 7. The second-order valence-electron chi connectivity index (χ2n) is 7.21. The van der Waals surface area contributed by atoms with Crippen LogP contribution in [0, 0.1) is 0 Å². The lowest BCUT2D eigenvalue weighted by atomic mass is 9.95. The first kappa shape index (κ1) is 22.7. The van der Waals surface area contributed by atoms with Gasteiger partial charge >= 0.3 is 0 Å². The largest absolute Gasteiger partial charge is 0.493 e. The highest BCUT2D eigenvalue weighted by atomic mass is 35.5. The van der Waals surface area contributed by atoms with Gasteiger partial charge in [-0.25, -0.2) is 0 Å². The molecule has 0 heterocycles. The van der Waals surface area contributed by atoms with Crippen molar-refractivity contribution in [1.29, 1.82) is 0 Å². The Morgan fingerprint density at radius 3 is 2.48 bits per heavy atom. The molecule has 0 aromatic heterocycles. The van der Waals surface area contributed by atoms with E-state index in [0.29, 0.717) is 48.2 Å². The monoisotopic (exact) mass is 446 g/mol. The van der Waals surface area contributed by atoms with E-state index in [-0.39, 0.29) is 17.4 Å². The number of amides is 1. The summed E-state index contributed by atoms with van der Waals surface area (Å²) < 4.78 is 16.9. The molecule has 3 rings (SSSR count). The minimum atomic E-state index is -0.331. The summed E-state index contributed by atoms with van der Waals surface area (Å²) in [6.07, 6.45) is 1.27. The van der Waals surface area contributed by atoms with Crippen molar-refractivity contribution >= 4 is 23.2 Å². The highest BCUT2D eigenvalue weighted by Gasteiger charge is 2.29. The summed E-state index contributed by atoms with van der Waals surface area (Å²) in [5, 5.41) is 6.05. The number of methoxy groups -OCH3 is 3. The van der Waals surface area contributed by atoms with E-state index in [1.807, 2.05) is 12.1 Å². The Kier molecular flexibility index (Phi) is 7.28. The maximum atomic E-state index is 12.9. The van der Waals surface area contributed by atoms with Crippen LogP contribution in [-0.2, 0) is 11.2 Å². The van der Waals surface area contributed by atoms with Crippen molar-refractivity contribution in [2.75, 3.05) is 39.1 Å². The summed E-state index contributed by atoms with van der Waals surface area (Å²) in [7, 11) is 4.70. The van der Waals surface area contributed by atoms with Gasteiger partial charge < -0.3 is 24.8 Å². The van der Waals surface area contributed by atoms with E-state index in [1.165, 1.54) is 6.92 Å². The van der Waals surface area contributed by atoms with E-state index in [0.717, 1.165) is 22.3 Å². The zero-order chi connectivity index (χ0) is 22.5. The molecule has 0 aliphatic heterocycles. The predicted octanol–water partition coefficient (Wildman–Crippen LogP) is 3.51. The van der Waals surface area contributed by atoms with Gasteiger partial charge in [0, 0.05) is 24.9 Å². The molecule has 0 fully saturated rings. The normalized spacial score (nSPS) is 14.5. The minimum Gasteiger partial charge on any atom is -0.493 e. The van der Waals surface area contributed by atoms with Gasteiger partial charge in [0.05, 0.1) is 33.1 Å². The lowest BCUT2D eigenvalue weighted by molar-refractivity contribution is -0.119. The highest BCUT2D eigenvalue weighted by molar-refractivity contribution is 6.18. The summed E-state index contributed by atoms with van der Waals surface area (Å²) in [5.41, 5.74) is 3.59.